The highest BCUT2D eigenvalue weighted by Gasteiger charge is 2.08. The van der Waals surface area contributed by atoms with Crippen LogP contribution in [0.3, 0.4) is 0 Å². The van der Waals surface area contributed by atoms with Crippen molar-refractivity contribution in [2.45, 2.75) is 0 Å². The first-order valence-electron chi connectivity index (χ1n) is 2.37. The molecule has 9 heavy (non-hydrogen) atoms. The molecule has 0 rings (SSSR count). The summed E-state index contributed by atoms with van der Waals surface area (Å²) < 4.78 is 10.5. The SMILES string of the molecule is [NH]C(=O)C[S+]([O-])CCO. The van der Waals surface area contributed by atoms with Crippen LogP contribution in [-0.2, 0) is 16.0 Å². The first-order valence-corrected chi connectivity index (χ1v) is 3.86. The number of carbonyl (C=O) groups excluding carboxylic acids is 1. The van der Waals surface area contributed by atoms with Crippen molar-refractivity contribution < 1.29 is 14.5 Å². The number of hydrogen-bond donors (Lipinski definition) is 1. The number of aliphatic hydroxyl groups excluding tert-OH is 1. The number of amides is 1. The molecule has 0 aromatic carbocycles. The molecule has 53 valence electrons. The van der Waals surface area contributed by atoms with Gasteiger partial charge in [0.05, 0.1) is 6.61 Å². The first-order chi connectivity index (χ1) is 4.16. The van der Waals surface area contributed by atoms with Crippen molar-refractivity contribution >= 4 is 17.1 Å². The number of aliphatic hydroxyl groups is 1. The highest BCUT2D eigenvalue weighted by Crippen LogP contribution is 1.87. The van der Waals surface area contributed by atoms with E-state index in [1.807, 2.05) is 0 Å². The molecule has 1 atom stereocenters. The van der Waals surface area contributed by atoms with E-state index in [9.17, 15) is 9.35 Å². The van der Waals surface area contributed by atoms with Gasteiger partial charge in [0.25, 0.3) is 5.91 Å². The Balaban J connectivity index is 3.26. The van der Waals surface area contributed by atoms with E-state index in [1.165, 1.54) is 0 Å². The summed E-state index contributed by atoms with van der Waals surface area (Å²) in [7, 11) is 0. The molecule has 4 nitrogen and oxygen atoms in total. The van der Waals surface area contributed by atoms with Gasteiger partial charge < -0.3 is 9.66 Å². The summed E-state index contributed by atoms with van der Waals surface area (Å²) in [6.45, 7) is -0.195. The maximum Gasteiger partial charge on any atom is 0.288 e. The minimum Gasteiger partial charge on any atom is -0.616 e. The highest BCUT2D eigenvalue weighted by molar-refractivity contribution is 7.92. The summed E-state index contributed by atoms with van der Waals surface area (Å²) in [6, 6.07) is 0. The lowest BCUT2D eigenvalue weighted by Crippen LogP contribution is -2.20. The first kappa shape index (κ1) is 8.74. The van der Waals surface area contributed by atoms with Crippen LogP contribution in [0.15, 0.2) is 0 Å². The maximum absolute atomic E-state index is 10.5. The maximum atomic E-state index is 10.5. The van der Waals surface area contributed by atoms with Gasteiger partial charge in [0.2, 0.25) is 0 Å². The predicted octanol–water partition coefficient (Wildman–Crippen LogP) is -1.46. The molecule has 1 radical (unpaired) electrons. The Morgan fingerprint density at radius 3 is 2.67 bits per heavy atom. The fourth-order valence-corrected chi connectivity index (χ4v) is 0.961. The molecule has 1 unspecified atom stereocenters. The number of rotatable bonds is 4. The number of carbonyl (C=O) groups is 1. The third-order valence-electron chi connectivity index (χ3n) is 0.611. The molecule has 0 bridgehead atoms. The molecular formula is C4H8NO3S. The van der Waals surface area contributed by atoms with Crippen LogP contribution in [0.2, 0.25) is 0 Å². The molecular weight excluding hydrogens is 142 g/mol. The molecule has 5 heteroatoms. The summed E-state index contributed by atoms with van der Waals surface area (Å²) in [6.07, 6.45) is 0. The van der Waals surface area contributed by atoms with E-state index in [-0.39, 0.29) is 18.1 Å². The zero-order valence-corrected chi connectivity index (χ0v) is 5.61. The van der Waals surface area contributed by atoms with E-state index < -0.39 is 17.1 Å². The Morgan fingerprint density at radius 2 is 2.33 bits per heavy atom. The Kier molecular flexibility index (Phi) is 4.47. The topological polar surface area (TPSA) is 84.2 Å². The smallest absolute Gasteiger partial charge is 0.288 e. The third kappa shape index (κ3) is 5.61. The van der Waals surface area contributed by atoms with Crippen molar-refractivity contribution in [1.82, 2.24) is 5.73 Å². The van der Waals surface area contributed by atoms with Crippen molar-refractivity contribution in [1.29, 1.82) is 0 Å². The second-order valence-corrected chi connectivity index (χ2v) is 3.01. The molecule has 0 heterocycles. The van der Waals surface area contributed by atoms with E-state index in [4.69, 9.17) is 10.8 Å². The molecule has 0 saturated carbocycles. The lowest BCUT2D eigenvalue weighted by Gasteiger charge is -2.04. The Bertz CT molecular complexity index is 97.8. The molecule has 0 aromatic rings. The normalized spacial score (nSPS) is 13.1. The van der Waals surface area contributed by atoms with Gasteiger partial charge in [-0.25, -0.2) is 0 Å². The Hall–Kier alpha value is -0.260. The van der Waals surface area contributed by atoms with E-state index in [0.29, 0.717) is 0 Å². The van der Waals surface area contributed by atoms with Gasteiger partial charge in [-0.05, 0) is 11.2 Å². The lowest BCUT2D eigenvalue weighted by molar-refractivity contribution is -0.116. The monoisotopic (exact) mass is 150 g/mol. The van der Waals surface area contributed by atoms with Crippen molar-refractivity contribution in [2.75, 3.05) is 18.1 Å². The fourth-order valence-electron chi connectivity index (χ4n) is 0.320. The second-order valence-electron chi connectivity index (χ2n) is 1.44. The van der Waals surface area contributed by atoms with Crippen LogP contribution in [0.5, 0.6) is 0 Å². The molecule has 0 aliphatic heterocycles. The molecule has 0 spiro atoms. The van der Waals surface area contributed by atoms with Crippen molar-refractivity contribution in [2.24, 2.45) is 0 Å². The third-order valence-corrected chi connectivity index (χ3v) is 1.83. The van der Waals surface area contributed by atoms with E-state index >= 15 is 0 Å². The van der Waals surface area contributed by atoms with Crippen molar-refractivity contribution in [3.8, 4) is 0 Å². The van der Waals surface area contributed by atoms with Crippen LogP contribution in [-0.4, -0.2) is 33.7 Å². The summed E-state index contributed by atoms with van der Waals surface area (Å²) in [5, 5.41) is 8.18. The van der Waals surface area contributed by atoms with E-state index in [2.05, 4.69) is 0 Å². The fraction of sp³-hybridized carbons (Fsp3) is 0.750. The molecule has 0 aliphatic rings. The molecule has 0 aromatic heterocycles. The standard InChI is InChI=1S/C4H8NO3S/c5-4(7)3-9(8)2-1-6/h5-6H,1-3H2. The number of nitrogens with one attached hydrogen (secondary N) is 1. The Morgan fingerprint density at radius 1 is 1.78 bits per heavy atom. The quantitative estimate of drug-likeness (QED) is 0.497. The van der Waals surface area contributed by atoms with Crippen molar-refractivity contribution in [3.05, 3.63) is 0 Å². The lowest BCUT2D eigenvalue weighted by atomic mass is 10.8. The van der Waals surface area contributed by atoms with E-state index in [0.717, 1.165) is 0 Å². The predicted molar refractivity (Wildman–Crippen MR) is 33.1 cm³/mol. The molecule has 2 N–H and O–H groups in total. The summed E-state index contributed by atoms with van der Waals surface area (Å²) in [4.78, 5) is 9.92. The van der Waals surface area contributed by atoms with Gasteiger partial charge in [-0.2, -0.15) is 0 Å². The van der Waals surface area contributed by atoms with Crippen LogP contribution in [0.4, 0.5) is 0 Å². The summed E-state index contributed by atoms with van der Waals surface area (Å²) in [5.74, 6) is -1.02. The molecule has 0 aliphatic carbocycles. The van der Waals surface area contributed by atoms with Gasteiger partial charge in [0.15, 0.2) is 5.75 Å². The average molecular weight is 150 g/mol. The van der Waals surface area contributed by atoms with E-state index in [1.54, 1.807) is 0 Å². The minimum atomic E-state index is -1.34. The van der Waals surface area contributed by atoms with Gasteiger partial charge >= 0.3 is 0 Å². The van der Waals surface area contributed by atoms with Gasteiger partial charge in [0, 0.05) is 0 Å². The summed E-state index contributed by atoms with van der Waals surface area (Å²) >= 11 is -1.34. The zero-order valence-electron chi connectivity index (χ0n) is 4.79. The molecule has 0 fully saturated rings. The van der Waals surface area contributed by atoms with Crippen molar-refractivity contribution in [3.63, 3.8) is 0 Å². The second kappa shape index (κ2) is 4.60. The largest absolute Gasteiger partial charge is 0.616 e. The Labute approximate surface area is 56.2 Å². The van der Waals surface area contributed by atoms with Gasteiger partial charge in [-0.15, -0.1) is 0 Å². The number of hydrogen-bond acceptors (Lipinski definition) is 3. The van der Waals surface area contributed by atoms with Crippen LogP contribution in [0, 0.1) is 0 Å². The molecule has 0 saturated heterocycles. The van der Waals surface area contributed by atoms with Gasteiger partial charge in [-0.1, -0.05) is 0 Å². The summed E-state index contributed by atoms with van der Waals surface area (Å²) in [5.41, 5.74) is 6.37. The van der Waals surface area contributed by atoms with Crippen LogP contribution in [0.1, 0.15) is 0 Å². The van der Waals surface area contributed by atoms with Gasteiger partial charge in [0.1, 0.15) is 5.75 Å². The highest BCUT2D eigenvalue weighted by atomic mass is 32.2. The van der Waals surface area contributed by atoms with Crippen LogP contribution in [0.25, 0.3) is 0 Å². The zero-order chi connectivity index (χ0) is 7.28. The van der Waals surface area contributed by atoms with Gasteiger partial charge in [-0.3, -0.25) is 10.5 Å². The molecule has 1 amide bonds. The minimum absolute atomic E-state index is 0.0879. The average Bonchev–Trinajstić information content (AvgIpc) is 1.63. The van der Waals surface area contributed by atoms with Crippen LogP contribution < -0.4 is 5.73 Å². The van der Waals surface area contributed by atoms with Crippen LogP contribution >= 0.6 is 0 Å².